The second-order valence-corrected chi connectivity index (χ2v) is 6.65. The normalized spacial score (nSPS) is 10.5. The number of para-hydroxylation sites is 1. The highest BCUT2D eigenvalue weighted by atomic mass is 35.5. The maximum Gasteiger partial charge on any atom is 0.355 e. The molecule has 0 unspecified atom stereocenters. The highest BCUT2D eigenvalue weighted by Gasteiger charge is 2.24. The highest BCUT2D eigenvalue weighted by molar-refractivity contribution is 6.33. The molecule has 4 aromatic rings. The molecular weight excluding hydrogens is 422 g/mol. The van der Waals surface area contributed by atoms with Crippen LogP contribution >= 0.6 is 11.6 Å². The Balaban J connectivity index is 1.63. The number of nitro groups is 1. The Kier molecular flexibility index (Phi) is 5.54. The first kappa shape index (κ1) is 20.0. The maximum absolute atomic E-state index is 12.3. The zero-order valence-corrected chi connectivity index (χ0v) is 16.5. The largest absolute Gasteiger partial charge is 0.355 e. The Labute approximate surface area is 180 Å². The maximum atomic E-state index is 12.3. The molecule has 0 bridgehead atoms. The molecule has 2 aromatic heterocycles. The quantitative estimate of drug-likeness (QED) is 0.304. The van der Waals surface area contributed by atoms with Crippen molar-refractivity contribution < 1.29 is 9.72 Å². The van der Waals surface area contributed by atoms with E-state index in [1.54, 1.807) is 42.6 Å². The summed E-state index contributed by atoms with van der Waals surface area (Å²) in [6.07, 6.45) is 2.76. The van der Waals surface area contributed by atoms with Crippen LogP contribution in [0.5, 0.6) is 0 Å². The van der Waals surface area contributed by atoms with Gasteiger partial charge in [0.25, 0.3) is 5.91 Å². The van der Waals surface area contributed by atoms with Crippen LogP contribution in [-0.4, -0.2) is 25.8 Å². The number of benzene rings is 2. The monoisotopic (exact) mass is 435 g/mol. The second kappa shape index (κ2) is 8.59. The van der Waals surface area contributed by atoms with Gasteiger partial charge in [-0.25, -0.2) is 9.97 Å². The molecule has 0 spiro atoms. The molecule has 0 saturated carbocycles. The van der Waals surface area contributed by atoms with Crippen molar-refractivity contribution in [2.24, 2.45) is 0 Å². The van der Waals surface area contributed by atoms with E-state index in [-0.39, 0.29) is 22.2 Å². The van der Waals surface area contributed by atoms with Crippen molar-refractivity contribution in [3.8, 4) is 0 Å². The van der Waals surface area contributed by atoms with Crippen molar-refractivity contribution in [3.05, 3.63) is 87.8 Å². The van der Waals surface area contributed by atoms with Gasteiger partial charge in [-0.3, -0.25) is 30.7 Å². The molecule has 0 atom stereocenters. The van der Waals surface area contributed by atoms with Crippen LogP contribution in [0.1, 0.15) is 10.4 Å². The van der Waals surface area contributed by atoms with Gasteiger partial charge in [0.05, 0.1) is 26.7 Å². The predicted molar refractivity (Wildman–Crippen MR) is 116 cm³/mol. The number of pyridine rings is 1. The topological polar surface area (TPSA) is 135 Å². The van der Waals surface area contributed by atoms with Gasteiger partial charge >= 0.3 is 5.69 Å². The molecular formula is C20H14ClN7O3. The van der Waals surface area contributed by atoms with Crippen molar-refractivity contribution >= 4 is 51.4 Å². The number of anilines is 3. The molecule has 2 aromatic carbocycles. The minimum absolute atomic E-state index is 0.0624. The lowest BCUT2D eigenvalue weighted by Crippen LogP contribution is -2.30. The number of fused-ring (bicyclic) bond motifs is 1. The predicted octanol–water partition coefficient (Wildman–Crippen LogP) is 4.09. The van der Waals surface area contributed by atoms with E-state index in [0.29, 0.717) is 11.2 Å². The summed E-state index contributed by atoms with van der Waals surface area (Å²) >= 11 is 6.01. The molecule has 11 heteroatoms. The number of nitrogens with one attached hydrogen (secondary N) is 3. The fraction of sp³-hybridized carbons (Fsp3) is 0. The van der Waals surface area contributed by atoms with Gasteiger partial charge in [0.2, 0.25) is 11.6 Å². The number of nitrogens with zero attached hydrogens (tertiary/aromatic N) is 4. The minimum Gasteiger partial charge on any atom is -0.332 e. The van der Waals surface area contributed by atoms with Crippen LogP contribution in [0.2, 0.25) is 5.02 Å². The van der Waals surface area contributed by atoms with Crippen LogP contribution in [0.25, 0.3) is 10.9 Å². The molecule has 0 radical (unpaired) electrons. The van der Waals surface area contributed by atoms with Crippen molar-refractivity contribution in [2.75, 3.05) is 10.7 Å². The van der Waals surface area contributed by atoms with Gasteiger partial charge in [-0.2, -0.15) is 0 Å². The van der Waals surface area contributed by atoms with Gasteiger partial charge in [0.1, 0.15) is 6.33 Å². The van der Waals surface area contributed by atoms with Crippen molar-refractivity contribution in [1.29, 1.82) is 0 Å². The Morgan fingerprint density at radius 3 is 2.55 bits per heavy atom. The fourth-order valence-electron chi connectivity index (χ4n) is 2.90. The molecule has 2 heterocycles. The van der Waals surface area contributed by atoms with E-state index in [0.717, 1.165) is 11.7 Å². The van der Waals surface area contributed by atoms with Gasteiger partial charge in [-0.05, 0) is 24.3 Å². The Hall–Kier alpha value is -4.31. The summed E-state index contributed by atoms with van der Waals surface area (Å²) in [7, 11) is 0. The molecule has 31 heavy (non-hydrogen) atoms. The van der Waals surface area contributed by atoms with E-state index < -0.39 is 16.5 Å². The third-order valence-corrected chi connectivity index (χ3v) is 4.63. The van der Waals surface area contributed by atoms with E-state index in [1.165, 1.54) is 6.07 Å². The summed E-state index contributed by atoms with van der Waals surface area (Å²) in [5.74, 6) is -0.838. The molecule has 154 valence electrons. The summed E-state index contributed by atoms with van der Waals surface area (Å²) in [6, 6.07) is 15.5. The first-order chi connectivity index (χ1) is 15.0. The van der Waals surface area contributed by atoms with Crippen LogP contribution in [0.3, 0.4) is 0 Å². The van der Waals surface area contributed by atoms with Gasteiger partial charge in [0, 0.05) is 11.6 Å². The van der Waals surface area contributed by atoms with Crippen molar-refractivity contribution in [3.63, 3.8) is 0 Å². The number of carbonyl (C=O) groups is 1. The molecule has 1 amide bonds. The molecule has 0 aliphatic heterocycles. The number of rotatable bonds is 6. The third kappa shape index (κ3) is 4.19. The smallest absolute Gasteiger partial charge is 0.332 e. The summed E-state index contributed by atoms with van der Waals surface area (Å²) < 4.78 is 0. The van der Waals surface area contributed by atoms with Gasteiger partial charge in [0.15, 0.2) is 0 Å². The zero-order valence-electron chi connectivity index (χ0n) is 15.7. The molecule has 0 fully saturated rings. The number of amides is 1. The summed E-state index contributed by atoms with van der Waals surface area (Å²) in [5.41, 5.74) is 5.75. The molecule has 0 saturated heterocycles. The van der Waals surface area contributed by atoms with E-state index in [9.17, 15) is 14.9 Å². The Morgan fingerprint density at radius 2 is 1.74 bits per heavy atom. The molecule has 4 rings (SSSR count). The summed E-state index contributed by atoms with van der Waals surface area (Å²) in [4.78, 5) is 35.7. The molecule has 0 aliphatic rings. The lowest BCUT2D eigenvalue weighted by atomic mass is 10.2. The van der Waals surface area contributed by atoms with Crippen LogP contribution in [0, 0.1) is 10.1 Å². The minimum atomic E-state index is -0.648. The van der Waals surface area contributed by atoms with Crippen molar-refractivity contribution in [1.82, 2.24) is 20.4 Å². The lowest BCUT2D eigenvalue weighted by molar-refractivity contribution is -0.383. The fourth-order valence-corrected chi connectivity index (χ4v) is 3.12. The number of hydrogen-bond donors (Lipinski definition) is 3. The van der Waals surface area contributed by atoms with Crippen LogP contribution < -0.4 is 16.2 Å². The Morgan fingerprint density at radius 1 is 0.968 bits per heavy atom. The SMILES string of the molecule is O=C(NNc1ncnc(Nc2cccc3cccnc23)c1[N+](=O)[O-])c1ccccc1Cl. The number of aromatic nitrogens is 3. The Bertz CT molecular complexity index is 1290. The molecule has 10 nitrogen and oxygen atoms in total. The second-order valence-electron chi connectivity index (χ2n) is 6.24. The van der Waals surface area contributed by atoms with E-state index in [1.807, 2.05) is 12.1 Å². The van der Waals surface area contributed by atoms with Crippen LogP contribution in [0.15, 0.2) is 67.1 Å². The third-order valence-electron chi connectivity index (χ3n) is 4.30. The average molecular weight is 436 g/mol. The number of carbonyl (C=O) groups excluding carboxylic acids is 1. The van der Waals surface area contributed by atoms with E-state index >= 15 is 0 Å². The van der Waals surface area contributed by atoms with E-state index in [4.69, 9.17) is 11.6 Å². The first-order valence-electron chi connectivity index (χ1n) is 8.95. The van der Waals surface area contributed by atoms with E-state index in [2.05, 4.69) is 31.1 Å². The average Bonchev–Trinajstić information content (AvgIpc) is 2.78. The highest BCUT2D eigenvalue weighted by Crippen LogP contribution is 2.32. The van der Waals surface area contributed by atoms with Crippen LogP contribution in [-0.2, 0) is 0 Å². The molecule has 0 aliphatic carbocycles. The lowest BCUT2D eigenvalue weighted by Gasteiger charge is -2.12. The van der Waals surface area contributed by atoms with Gasteiger partial charge in [-0.1, -0.05) is 41.9 Å². The zero-order chi connectivity index (χ0) is 21.8. The van der Waals surface area contributed by atoms with Crippen LogP contribution in [0.4, 0.5) is 23.0 Å². The summed E-state index contributed by atoms with van der Waals surface area (Å²) in [6.45, 7) is 0. The van der Waals surface area contributed by atoms with Gasteiger partial charge < -0.3 is 5.32 Å². The first-order valence-corrected chi connectivity index (χ1v) is 9.33. The standard InChI is InChI=1S/C20H14ClN7O3/c21-14-8-2-1-7-13(14)20(29)27-26-19-17(28(30)31)18(23-11-24-19)25-15-9-3-5-12-6-4-10-22-16(12)15/h1-11H,(H,27,29)(H2,23,24,25,26). The molecule has 3 N–H and O–H groups in total. The van der Waals surface area contributed by atoms with Crippen molar-refractivity contribution in [2.45, 2.75) is 0 Å². The van der Waals surface area contributed by atoms with Gasteiger partial charge in [-0.15, -0.1) is 0 Å². The summed E-state index contributed by atoms with van der Waals surface area (Å²) in [5, 5.41) is 15.8. The number of hydrazine groups is 1. The number of halogens is 1. The number of hydrogen-bond acceptors (Lipinski definition) is 8.